The molecule has 0 aliphatic carbocycles. The molecule has 68 valence electrons. The Kier molecular flexibility index (Phi) is 7.28. The average Bonchev–Trinajstić information content (AvgIpc) is 2.15. The number of aliphatic hydroxyl groups is 1. The summed E-state index contributed by atoms with van der Waals surface area (Å²) in [7, 11) is -2.79. The second kappa shape index (κ2) is 7.30. The van der Waals surface area contributed by atoms with Gasteiger partial charge in [-0.15, -0.1) is 0 Å². The molecule has 1 N–H and O–H groups in total. The molecule has 1 aromatic carbocycles. The maximum absolute atomic E-state index is 10.3. The fourth-order valence-corrected chi connectivity index (χ4v) is 1.06. The Balaban J connectivity index is 0.00000169. The topological polar surface area (TPSA) is 60.4 Å². The van der Waals surface area contributed by atoms with Crippen LogP contribution in [0.4, 0.5) is 0 Å². The van der Waals surface area contributed by atoms with Gasteiger partial charge in [0, 0.05) is 0 Å². The van der Waals surface area contributed by atoms with Gasteiger partial charge >= 0.3 is 37.6 Å². The van der Waals surface area contributed by atoms with E-state index in [0.717, 1.165) is 5.56 Å². The van der Waals surface area contributed by atoms with Crippen molar-refractivity contribution in [3.8, 4) is 0 Å². The van der Waals surface area contributed by atoms with Crippen molar-refractivity contribution >= 4 is 14.1 Å². The van der Waals surface area contributed by atoms with Crippen LogP contribution in [0, 0.1) is 0 Å². The summed E-state index contributed by atoms with van der Waals surface area (Å²) in [6, 6.07) is 9.18. The van der Waals surface area contributed by atoms with Crippen LogP contribution < -0.4 is 34.5 Å². The maximum Gasteiger partial charge on any atom is 1.00 e. The SMILES string of the molecule is O=[P+]([O-])C(O)/C=C/c1ccccc1.[Na+]. The fraction of sp³-hybridized carbons (Fsp3) is 0.111. The average molecular weight is 219 g/mol. The van der Waals surface area contributed by atoms with Crippen LogP contribution >= 0.6 is 8.03 Å². The summed E-state index contributed by atoms with van der Waals surface area (Å²) in [5.41, 5.74) is 0.860. The van der Waals surface area contributed by atoms with Crippen molar-refractivity contribution in [2.75, 3.05) is 0 Å². The van der Waals surface area contributed by atoms with Gasteiger partial charge in [-0.2, -0.15) is 0 Å². The van der Waals surface area contributed by atoms with Gasteiger partial charge in [-0.1, -0.05) is 41.0 Å². The molecule has 0 amide bonds. The Morgan fingerprint density at radius 3 is 2.43 bits per heavy atom. The second-order valence-corrected chi connectivity index (χ2v) is 3.57. The van der Waals surface area contributed by atoms with Gasteiger partial charge in [0.15, 0.2) is 0 Å². The zero-order chi connectivity index (χ0) is 9.68. The molecule has 0 fully saturated rings. The predicted molar refractivity (Wildman–Crippen MR) is 49.1 cm³/mol. The Hall–Kier alpha value is -0.0200. The second-order valence-electron chi connectivity index (χ2n) is 2.47. The molecule has 14 heavy (non-hydrogen) atoms. The number of hydrogen-bond donors (Lipinski definition) is 1. The first-order valence-electron chi connectivity index (χ1n) is 3.75. The molecule has 0 aromatic heterocycles. The van der Waals surface area contributed by atoms with E-state index in [-0.39, 0.29) is 29.6 Å². The summed E-state index contributed by atoms with van der Waals surface area (Å²) in [6.45, 7) is 0. The molecule has 0 heterocycles. The summed E-state index contributed by atoms with van der Waals surface area (Å²) < 4.78 is 10.3. The van der Waals surface area contributed by atoms with E-state index in [0.29, 0.717) is 0 Å². The van der Waals surface area contributed by atoms with E-state index in [1.165, 1.54) is 6.08 Å². The molecular formula is C9H9NaO3P+. The van der Waals surface area contributed by atoms with Crippen LogP contribution in [-0.2, 0) is 4.57 Å². The van der Waals surface area contributed by atoms with Gasteiger partial charge in [-0.05, 0) is 11.6 Å². The van der Waals surface area contributed by atoms with E-state index < -0.39 is 13.9 Å². The molecule has 2 unspecified atom stereocenters. The Morgan fingerprint density at radius 2 is 1.93 bits per heavy atom. The summed E-state index contributed by atoms with van der Waals surface area (Å²) in [5, 5.41) is 8.90. The Bertz CT molecular complexity index is 313. The van der Waals surface area contributed by atoms with E-state index in [1.54, 1.807) is 6.08 Å². The fourth-order valence-electron chi connectivity index (χ4n) is 0.832. The van der Waals surface area contributed by atoms with Crippen molar-refractivity contribution in [2.45, 2.75) is 5.85 Å². The van der Waals surface area contributed by atoms with Crippen molar-refractivity contribution in [3.63, 3.8) is 0 Å². The van der Waals surface area contributed by atoms with Gasteiger partial charge in [0.25, 0.3) is 5.85 Å². The third-order valence-corrected chi connectivity index (χ3v) is 2.08. The molecule has 1 rings (SSSR count). The van der Waals surface area contributed by atoms with Crippen LogP contribution in [0.2, 0.25) is 0 Å². The van der Waals surface area contributed by atoms with Gasteiger partial charge in [0.05, 0.1) is 0 Å². The summed E-state index contributed by atoms with van der Waals surface area (Å²) in [5.74, 6) is -1.39. The van der Waals surface area contributed by atoms with Crippen molar-refractivity contribution < 1.29 is 44.1 Å². The van der Waals surface area contributed by atoms with Gasteiger partial charge in [0.2, 0.25) is 0 Å². The normalized spacial score (nSPS) is 13.4. The number of aliphatic hydroxyl groups excluding tert-OH is 1. The smallest absolute Gasteiger partial charge is 0.593 e. The molecule has 5 heteroatoms. The van der Waals surface area contributed by atoms with Crippen molar-refractivity contribution in [1.29, 1.82) is 0 Å². The quantitative estimate of drug-likeness (QED) is 0.478. The molecule has 2 atom stereocenters. The third-order valence-electron chi connectivity index (χ3n) is 1.48. The molecule has 0 saturated carbocycles. The molecule has 0 radical (unpaired) electrons. The van der Waals surface area contributed by atoms with Gasteiger partial charge in [0.1, 0.15) is 0 Å². The van der Waals surface area contributed by atoms with E-state index in [1.807, 2.05) is 30.3 Å². The van der Waals surface area contributed by atoms with Gasteiger partial charge < -0.3 is 10.00 Å². The minimum Gasteiger partial charge on any atom is -0.593 e. The van der Waals surface area contributed by atoms with Crippen molar-refractivity contribution in [3.05, 3.63) is 42.0 Å². The molecule has 1 aromatic rings. The number of benzene rings is 1. The number of rotatable bonds is 3. The zero-order valence-electron chi connectivity index (χ0n) is 7.83. The van der Waals surface area contributed by atoms with Gasteiger partial charge in [-0.3, -0.25) is 0 Å². The van der Waals surface area contributed by atoms with Crippen LogP contribution in [0.15, 0.2) is 36.4 Å². The van der Waals surface area contributed by atoms with Crippen molar-refractivity contribution in [1.82, 2.24) is 0 Å². The minimum absolute atomic E-state index is 0. The first-order valence-corrected chi connectivity index (χ1v) is 4.99. The predicted octanol–water partition coefficient (Wildman–Crippen LogP) is -1.88. The first-order chi connectivity index (χ1) is 6.20. The molecule has 3 nitrogen and oxygen atoms in total. The summed E-state index contributed by atoms with van der Waals surface area (Å²) in [4.78, 5) is 10.3. The van der Waals surface area contributed by atoms with Crippen LogP contribution in [0.3, 0.4) is 0 Å². The van der Waals surface area contributed by atoms with Crippen LogP contribution in [0.25, 0.3) is 6.08 Å². The van der Waals surface area contributed by atoms with Crippen LogP contribution in [0.1, 0.15) is 5.56 Å². The Morgan fingerprint density at radius 1 is 1.36 bits per heavy atom. The largest absolute Gasteiger partial charge is 1.00 e. The van der Waals surface area contributed by atoms with E-state index in [4.69, 9.17) is 5.11 Å². The molecule has 0 aliphatic heterocycles. The van der Waals surface area contributed by atoms with Gasteiger partial charge in [-0.25, -0.2) is 0 Å². The van der Waals surface area contributed by atoms with E-state index >= 15 is 0 Å². The van der Waals surface area contributed by atoms with E-state index in [2.05, 4.69) is 0 Å². The molecule has 0 saturated heterocycles. The third kappa shape index (κ3) is 5.01. The van der Waals surface area contributed by atoms with Crippen molar-refractivity contribution in [2.24, 2.45) is 0 Å². The summed E-state index contributed by atoms with van der Waals surface area (Å²) >= 11 is 0. The van der Waals surface area contributed by atoms with Crippen LogP contribution in [0.5, 0.6) is 0 Å². The maximum atomic E-state index is 10.3. The molecule has 0 bridgehead atoms. The minimum atomic E-state index is -2.79. The van der Waals surface area contributed by atoms with E-state index in [9.17, 15) is 9.46 Å². The Labute approximate surface area is 106 Å². The molecule has 0 spiro atoms. The first kappa shape index (κ1) is 14.0. The molecule has 0 aliphatic rings. The van der Waals surface area contributed by atoms with Crippen LogP contribution in [-0.4, -0.2) is 11.0 Å². The zero-order valence-corrected chi connectivity index (χ0v) is 10.7. The summed E-state index contributed by atoms with van der Waals surface area (Å²) in [6.07, 6.45) is 2.80. The standard InChI is InChI=1S/C9H9O3P.Na/c10-9(13(11)12)7-6-8-4-2-1-3-5-8;/h1-7,9-10H;/q;+1/b7-6+;. The monoisotopic (exact) mass is 219 g/mol. The molecular weight excluding hydrogens is 210 g/mol. The number of hydrogen-bond acceptors (Lipinski definition) is 3.